The molecule has 25 heavy (non-hydrogen) atoms. The van der Waals surface area contributed by atoms with Crippen LogP contribution in [0.25, 0.3) is 11.3 Å². The Kier molecular flexibility index (Phi) is 5.52. The van der Waals surface area contributed by atoms with Crippen LogP contribution in [0.2, 0.25) is 0 Å². The fourth-order valence-corrected chi connectivity index (χ4v) is 2.29. The van der Waals surface area contributed by atoms with Crippen molar-refractivity contribution < 1.29 is 23.0 Å². The second kappa shape index (κ2) is 7.26. The smallest absolute Gasteiger partial charge is 0.417 e. The molecule has 1 aromatic heterocycles. The SMILES string of the molecule is CC(C)(O)CCCOc1ccc(C(F)(F)F)c(-c2cc(N)ncn2)c1. The lowest BCUT2D eigenvalue weighted by Gasteiger charge is -2.17. The predicted octanol–water partition coefficient (Wildman–Crippen LogP) is 3.67. The van der Waals surface area contributed by atoms with Crippen molar-refractivity contribution in [2.24, 2.45) is 0 Å². The monoisotopic (exact) mass is 355 g/mol. The first-order valence-electron chi connectivity index (χ1n) is 7.70. The van der Waals surface area contributed by atoms with E-state index in [1.165, 1.54) is 18.2 Å². The number of nitrogen functional groups attached to an aromatic ring is 1. The predicted molar refractivity (Wildman–Crippen MR) is 87.9 cm³/mol. The summed E-state index contributed by atoms with van der Waals surface area (Å²) in [7, 11) is 0. The maximum Gasteiger partial charge on any atom is 0.417 e. The van der Waals surface area contributed by atoms with E-state index in [2.05, 4.69) is 9.97 Å². The van der Waals surface area contributed by atoms with Gasteiger partial charge < -0.3 is 15.6 Å². The van der Waals surface area contributed by atoms with Gasteiger partial charge in [-0.2, -0.15) is 13.2 Å². The van der Waals surface area contributed by atoms with Crippen LogP contribution in [0.5, 0.6) is 5.75 Å². The summed E-state index contributed by atoms with van der Waals surface area (Å²) in [6.07, 6.45) is -2.33. The topological polar surface area (TPSA) is 81.3 Å². The Hall–Kier alpha value is -2.35. The molecule has 3 N–H and O–H groups in total. The molecular formula is C17H20F3N3O2. The number of benzene rings is 1. The highest BCUT2D eigenvalue weighted by molar-refractivity contribution is 5.68. The molecule has 0 aliphatic carbocycles. The van der Waals surface area contributed by atoms with E-state index in [1.807, 2.05) is 0 Å². The highest BCUT2D eigenvalue weighted by Crippen LogP contribution is 2.38. The van der Waals surface area contributed by atoms with Gasteiger partial charge in [-0.1, -0.05) is 0 Å². The zero-order valence-corrected chi connectivity index (χ0v) is 14.0. The van der Waals surface area contributed by atoms with Crippen molar-refractivity contribution >= 4 is 5.82 Å². The first-order chi connectivity index (χ1) is 11.6. The Bertz CT molecular complexity index is 728. The number of ether oxygens (including phenoxy) is 1. The number of aromatic nitrogens is 2. The number of aliphatic hydroxyl groups is 1. The van der Waals surface area contributed by atoms with E-state index in [1.54, 1.807) is 13.8 Å². The molecule has 2 aromatic rings. The number of rotatable bonds is 6. The van der Waals surface area contributed by atoms with Crippen LogP contribution in [0.4, 0.5) is 19.0 Å². The maximum atomic E-state index is 13.3. The molecule has 0 spiro atoms. The van der Waals surface area contributed by atoms with Crippen LogP contribution in [-0.4, -0.2) is 27.3 Å². The summed E-state index contributed by atoms with van der Waals surface area (Å²) in [5.41, 5.74) is 3.86. The minimum Gasteiger partial charge on any atom is -0.494 e. The van der Waals surface area contributed by atoms with Crippen LogP contribution >= 0.6 is 0 Å². The van der Waals surface area contributed by atoms with Crippen molar-refractivity contribution in [2.75, 3.05) is 12.3 Å². The number of anilines is 1. The minimum atomic E-state index is -4.53. The molecule has 0 atom stereocenters. The molecule has 8 heteroatoms. The van der Waals surface area contributed by atoms with Gasteiger partial charge in [-0.05, 0) is 44.9 Å². The summed E-state index contributed by atoms with van der Waals surface area (Å²) < 4.78 is 45.3. The Morgan fingerprint density at radius 1 is 1.16 bits per heavy atom. The summed E-state index contributed by atoms with van der Waals surface area (Å²) >= 11 is 0. The highest BCUT2D eigenvalue weighted by atomic mass is 19.4. The average molecular weight is 355 g/mol. The first kappa shape index (κ1) is 19.0. The van der Waals surface area contributed by atoms with E-state index >= 15 is 0 Å². The van der Waals surface area contributed by atoms with Crippen LogP contribution in [0.3, 0.4) is 0 Å². The second-order valence-corrected chi connectivity index (χ2v) is 6.30. The summed E-state index contributed by atoms with van der Waals surface area (Å²) in [6.45, 7) is 3.65. The molecule has 0 amide bonds. The molecule has 0 fully saturated rings. The molecule has 0 unspecified atom stereocenters. The van der Waals surface area contributed by atoms with Gasteiger partial charge in [0.1, 0.15) is 17.9 Å². The zero-order valence-electron chi connectivity index (χ0n) is 14.0. The minimum absolute atomic E-state index is 0.0711. The maximum absolute atomic E-state index is 13.3. The largest absolute Gasteiger partial charge is 0.494 e. The van der Waals surface area contributed by atoms with Crippen LogP contribution in [0.15, 0.2) is 30.6 Å². The van der Waals surface area contributed by atoms with Crippen molar-refractivity contribution in [3.63, 3.8) is 0 Å². The summed E-state index contributed by atoms with van der Waals surface area (Å²) in [5.74, 6) is 0.366. The van der Waals surface area contributed by atoms with Gasteiger partial charge in [0.25, 0.3) is 0 Å². The van der Waals surface area contributed by atoms with Gasteiger partial charge in [-0.15, -0.1) is 0 Å². The quantitative estimate of drug-likeness (QED) is 0.773. The van der Waals surface area contributed by atoms with Gasteiger partial charge in [0.2, 0.25) is 0 Å². The molecule has 1 aromatic carbocycles. The summed E-state index contributed by atoms with van der Waals surface area (Å²) in [4.78, 5) is 7.57. The number of alkyl halides is 3. The van der Waals surface area contributed by atoms with Gasteiger partial charge >= 0.3 is 6.18 Å². The van der Waals surface area contributed by atoms with E-state index in [-0.39, 0.29) is 29.4 Å². The zero-order chi connectivity index (χ0) is 18.7. The van der Waals surface area contributed by atoms with Gasteiger partial charge in [-0.3, -0.25) is 0 Å². The van der Waals surface area contributed by atoms with Gasteiger partial charge in [0, 0.05) is 11.6 Å². The molecular weight excluding hydrogens is 335 g/mol. The van der Waals surface area contributed by atoms with E-state index in [4.69, 9.17) is 10.5 Å². The second-order valence-electron chi connectivity index (χ2n) is 6.30. The molecule has 0 aliphatic heterocycles. The number of halogens is 3. The molecule has 0 saturated carbocycles. The molecule has 0 radical (unpaired) electrons. The lowest BCUT2D eigenvalue weighted by molar-refractivity contribution is -0.137. The van der Waals surface area contributed by atoms with Crippen molar-refractivity contribution in [2.45, 2.75) is 38.5 Å². The highest BCUT2D eigenvalue weighted by Gasteiger charge is 2.34. The third kappa shape index (κ3) is 5.60. The van der Waals surface area contributed by atoms with Crippen LogP contribution < -0.4 is 10.5 Å². The number of hydrogen-bond acceptors (Lipinski definition) is 5. The number of hydrogen-bond donors (Lipinski definition) is 2. The Labute approximate surface area is 143 Å². The normalized spacial score (nSPS) is 12.2. The fourth-order valence-electron chi connectivity index (χ4n) is 2.29. The van der Waals surface area contributed by atoms with Gasteiger partial charge in [-0.25, -0.2) is 9.97 Å². The lowest BCUT2D eigenvalue weighted by atomic mass is 10.0. The average Bonchev–Trinajstić information content (AvgIpc) is 2.49. The molecule has 5 nitrogen and oxygen atoms in total. The number of nitrogens with two attached hydrogens (primary N) is 1. The third-order valence-electron chi connectivity index (χ3n) is 3.46. The van der Waals surface area contributed by atoms with Crippen molar-refractivity contribution in [3.8, 4) is 17.0 Å². The van der Waals surface area contributed by atoms with Crippen molar-refractivity contribution in [1.82, 2.24) is 9.97 Å². The molecule has 0 aliphatic rings. The van der Waals surface area contributed by atoms with Crippen LogP contribution in [-0.2, 0) is 6.18 Å². The standard InChI is InChI=1S/C17H20F3N3O2/c1-16(2,24)6-3-7-25-11-4-5-13(17(18,19)20)12(8-11)14-9-15(21)23-10-22-14/h4-5,8-10,24H,3,6-7H2,1-2H3,(H2,21,22,23). The van der Waals surface area contributed by atoms with E-state index < -0.39 is 17.3 Å². The van der Waals surface area contributed by atoms with E-state index in [0.717, 1.165) is 12.4 Å². The van der Waals surface area contributed by atoms with Gasteiger partial charge in [0.05, 0.1) is 23.5 Å². The third-order valence-corrected chi connectivity index (χ3v) is 3.46. The van der Waals surface area contributed by atoms with Crippen LogP contribution in [0, 0.1) is 0 Å². The first-order valence-corrected chi connectivity index (χ1v) is 7.70. The lowest BCUT2D eigenvalue weighted by Crippen LogP contribution is -2.19. The molecule has 136 valence electrons. The summed E-state index contributed by atoms with van der Waals surface area (Å²) in [6, 6.07) is 4.79. The molecule has 2 rings (SSSR count). The van der Waals surface area contributed by atoms with Crippen molar-refractivity contribution in [1.29, 1.82) is 0 Å². The number of nitrogens with zero attached hydrogens (tertiary/aromatic N) is 2. The fraction of sp³-hybridized carbons (Fsp3) is 0.412. The Morgan fingerprint density at radius 3 is 2.48 bits per heavy atom. The van der Waals surface area contributed by atoms with Crippen molar-refractivity contribution in [3.05, 3.63) is 36.2 Å². The van der Waals surface area contributed by atoms with Gasteiger partial charge in [0.15, 0.2) is 0 Å². The Balaban J connectivity index is 2.26. The molecule has 1 heterocycles. The molecule has 0 saturated heterocycles. The van der Waals surface area contributed by atoms with E-state index in [9.17, 15) is 18.3 Å². The summed E-state index contributed by atoms with van der Waals surface area (Å²) in [5, 5.41) is 9.65. The molecule has 0 bridgehead atoms. The Morgan fingerprint density at radius 2 is 1.88 bits per heavy atom. The van der Waals surface area contributed by atoms with Crippen LogP contribution in [0.1, 0.15) is 32.3 Å². The van der Waals surface area contributed by atoms with E-state index in [0.29, 0.717) is 12.8 Å².